The van der Waals surface area contributed by atoms with Gasteiger partial charge in [0.1, 0.15) is 6.33 Å². The molecule has 21 heavy (non-hydrogen) atoms. The van der Waals surface area contributed by atoms with Crippen molar-refractivity contribution in [3.05, 3.63) is 30.6 Å². The molecule has 0 aliphatic carbocycles. The van der Waals surface area contributed by atoms with Gasteiger partial charge < -0.3 is 10.6 Å². The predicted octanol–water partition coefficient (Wildman–Crippen LogP) is 1.38. The molecular weight excluding hydrogens is 268 g/mol. The Labute approximate surface area is 123 Å². The lowest BCUT2D eigenvalue weighted by Gasteiger charge is -2.08. The SMILES string of the molecule is CC(C)NCCCC(=O)Nc1ccc(-n2cnnn2)cc1. The lowest BCUT2D eigenvalue weighted by molar-refractivity contribution is -0.116. The van der Waals surface area contributed by atoms with Crippen LogP contribution in [0, 0.1) is 0 Å². The van der Waals surface area contributed by atoms with Crippen LogP contribution in [0.2, 0.25) is 0 Å². The summed E-state index contributed by atoms with van der Waals surface area (Å²) in [6.45, 7) is 5.03. The van der Waals surface area contributed by atoms with Gasteiger partial charge in [-0.05, 0) is 47.7 Å². The van der Waals surface area contributed by atoms with Gasteiger partial charge in [0, 0.05) is 18.2 Å². The number of rotatable bonds is 7. The lowest BCUT2D eigenvalue weighted by atomic mass is 10.2. The maximum atomic E-state index is 11.8. The third-order valence-electron chi connectivity index (χ3n) is 2.90. The van der Waals surface area contributed by atoms with Gasteiger partial charge in [0.2, 0.25) is 5.91 Å². The van der Waals surface area contributed by atoms with E-state index in [-0.39, 0.29) is 5.91 Å². The molecule has 0 radical (unpaired) electrons. The van der Waals surface area contributed by atoms with Gasteiger partial charge in [-0.1, -0.05) is 13.8 Å². The van der Waals surface area contributed by atoms with Crippen molar-refractivity contribution in [1.82, 2.24) is 25.5 Å². The molecule has 1 heterocycles. The molecule has 7 nitrogen and oxygen atoms in total. The average molecular weight is 288 g/mol. The summed E-state index contributed by atoms with van der Waals surface area (Å²) in [6, 6.07) is 7.83. The van der Waals surface area contributed by atoms with Crippen molar-refractivity contribution in [1.29, 1.82) is 0 Å². The Bertz CT molecular complexity index is 549. The standard InChI is InChI=1S/C14H20N6O/c1-11(2)15-9-3-4-14(21)17-12-5-7-13(8-6-12)20-10-16-18-19-20/h5-8,10-11,15H,3-4,9H2,1-2H3,(H,17,21). The number of nitrogens with zero attached hydrogens (tertiary/aromatic N) is 4. The highest BCUT2D eigenvalue weighted by Crippen LogP contribution is 2.12. The number of nitrogens with one attached hydrogen (secondary N) is 2. The highest BCUT2D eigenvalue weighted by molar-refractivity contribution is 5.90. The molecule has 0 aliphatic heterocycles. The molecule has 2 aromatic rings. The number of tetrazole rings is 1. The van der Waals surface area contributed by atoms with E-state index >= 15 is 0 Å². The predicted molar refractivity (Wildman–Crippen MR) is 80.2 cm³/mol. The fraction of sp³-hybridized carbons (Fsp3) is 0.429. The summed E-state index contributed by atoms with van der Waals surface area (Å²) < 4.78 is 1.56. The highest BCUT2D eigenvalue weighted by atomic mass is 16.1. The van der Waals surface area contributed by atoms with Crippen LogP contribution in [-0.4, -0.2) is 38.7 Å². The van der Waals surface area contributed by atoms with Crippen LogP contribution in [0.1, 0.15) is 26.7 Å². The van der Waals surface area contributed by atoms with Crippen LogP contribution >= 0.6 is 0 Å². The zero-order valence-electron chi connectivity index (χ0n) is 12.3. The molecule has 2 N–H and O–H groups in total. The number of aromatic nitrogens is 4. The fourth-order valence-corrected chi connectivity index (χ4v) is 1.84. The van der Waals surface area contributed by atoms with Crippen molar-refractivity contribution in [2.75, 3.05) is 11.9 Å². The molecule has 7 heteroatoms. The highest BCUT2D eigenvalue weighted by Gasteiger charge is 2.03. The molecule has 2 rings (SSSR count). The molecule has 0 fully saturated rings. The van der Waals surface area contributed by atoms with Gasteiger partial charge in [-0.2, -0.15) is 0 Å². The van der Waals surface area contributed by atoms with E-state index in [1.807, 2.05) is 24.3 Å². The Kier molecular flexibility index (Phi) is 5.39. The molecule has 0 saturated heterocycles. The van der Waals surface area contributed by atoms with Crippen molar-refractivity contribution >= 4 is 11.6 Å². The quantitative estimate of drug-likeness (QED) is 0.752. The van der Waals surface area contributed by atoms with Gasteiger partial charge in [-0.15, -0.1) is 5.10 Å². The zero-order chi connectivity index (χ0) is 15.1. The van der Waals surface area contributed by atoms with E-state index in [0.717, 1.165) is 24.3 Å². The lowest BCUT2D eigenvalue weighted by Crippen LogP contribution is -2.24. The normalized spacial score (nSPS) is 10.8. The van der Waals surface area contributed by atoms with Crippen molar-refractivity contribution in [2.24, 2.45) is 0 Å². The van der Waals surface area contributed by atoms with E-state index in [4.69, 9.17) is 0 Å². The number of anilines is 1. The summed E-state index contributed by atoms with van der Waals surface area (Å²) in [5.41, 5.74) is 1.62. The molecule has 0 aliphatic rings. The molecule has 0 unspecified atom stereocenters. The molecule has 0 spiro atoms. The second kappa shape index (κ2) is 7.49. The van der Waals surface area contributed by atoms with Crippen LogP contribution in [0.4, 0.5) is 5.69 Å². The molecule has 1 aromatic carbocycles. The zero-order valence-corrected chi connectivity index (χ0v) is 12.3. The van der Waals surface area contributed by atoms with Crippen molar-refractivity contribution in [2.45, 2.75) is 32.7 Å². The second-order valence-electron chi connectivity index (χ2n) is 5.06. The number of hydrogen-bond acceptors (Lipinski definition) is 5. The Hall–Kier alpha value is -2.28. The maximum absolute atomic E-state index is 11.8. The van der Waals surface area contributed by atoms with Crippen LogP contribution in [0.15, 0.2) is 30.6 Å². The molecule has 1 aromatic heterocycles. The first-order valence-electron chi connectivity index (χ1n) is 7.02. The molecule has 0 atom stereocenters. The van der Waals surface area contributed by atoms with E-state index in [2.05, 4.69) is 40.0 Å². The van der Waals surface area contributed by atoms with E-state index in [1.54, 1.807) is 4.68 Å². The first-order valence-corrected chi connectivity index (χ1v) is 7.02. The molecule has 112 valence electrons. The van der Waals surface area contributed by atoms with Crippen LogP contribution < -0.4 is 10.6 Å². The largest absolute Gasteiger partial charge is 0.326 e. The summed E-state index contributed by atoms with van der Waals surface area (Å²) >= 11 is 0. The molecule has 1 amide bonds. The van der Waals surface area contributed by atoms with Gasteiger partial charge in [-0.3, -0.25) is 4.79 Å². The number of benzene rings is 1. The Morgan fingerprint density at radius 1 is 1.29 bits per heavy atom. The van der Waals surface area contributed by atoms with E-state index < -0.39 is 0 Å². The van der Waals surface area contributed by atoms with Gasteiger partial charge in [0.25, 0.3) is 0 Å². The Morgan fingerprint density at radius 2 is 2.05 bits per heavy atom. The minimum Gasteiger partial charge on any atom is -0.326 e. The van der Waals surface area contributed by atoms with Crippen LogP contribution in [0.5, 0.6) is 0 Å². The smallest absolute Gasteiger partial charge is 0.224 e. The molecular formula is C14H20N6O. The van der Waals surface area contributed by atoms with E-state index in [1.165, 1.54) is 6.33 Å². The average Bonchev–Trinajstić information content (AvgIpc) is 2.98. The summed E-state index contributed by atoms with van der Waals surface area (Å²) in [4.78, 5) is 11.8. The second-order valence-corrected chi connectivity index (χ2v) is 5.06. The number of carbonyl (C=O) groups excluding carboxylic acids is 1. The van der Waals surface area contributed by atoms with E-state index in [9.17, 15) is 4.79 Å². The van der Waals surface area contributed by atoms with Crippen LogP contribution in [0.25, 0.3) is 5.69 Å². The molecule has 0 saturated carbocycles. The third-order valence-corrected chi connectivity index (χ3v) is 2.90. The van der Waals surface area contributed by atoms with Crippen LogP contribution in [-0.2, 0) is 4.79 Å². The minimum atomic E-state index is 0.0238. The fourth-order valence-electron chi connectivity index (χ4n) is 1.84. The van der Waals surface area contributed by atoms with Crippen molar-refractivity contribution in [3.63, 3.8) is 0 Å². The number of hydrogen-bond donors (Lipinski definition) is 2. The number of carbonyl (C=O) groups is 1. The van der Waals surface area contributed by atoms with E-state index in [0.29, 0.717) is 12.5 Å². The summed E-state index contributed by atoms with van der Waals surface area (Å²) in [6.07, 6.45) is 2.86. The summed E-state index contributed by atoms with van der Waals surface area (Å²) in [7, 11) is 0. The summed E-state index contributed by atoms with van der Waals surface area (Å²) in [5.74, 6) is 0.0238. The summed E-state index contributed by atoms with van der Waals surface area (Å²) in [5, 5.41) is 17.1. The van der Waals surface area contributed by atoms with Crippen LogP contribution in [0.3, 0.4) is 0 Å². The van der Waals surface area contributed by atoms with Gasteiger partial charge in [0.05, 0.1) is 5.69 Å². The van der Waals surface area contributed by atoms with Gasteiger partial charge in [0.15, 0.2) is 0 Å². The van der Waals surface area contributed by atoms with Crippen molar-refractivity contribution < 1.29 is 4.79 Å². The Balaban J connectivity index is 1.79. The number of amides is 1. The topological polar surface area (TPSA) is 84.7 Å². The first-order chi connectivity index (χ1) is 10.1. The first kappa shape index (κ1) is 15.1. The molecule has 0 bridgehead atoms. The minimum absolute atomic E-state index is 0.0238. The van der Waals surface area contributed by atoms with Gasteiger partial charge in [-0.25, -0.2) is 4.68 Å². The maximum Gasteiger partial charge on any atom is 0.224 e. The third kappa shape index (κ3) is 4.96. The van der Waals surface area contributed by atoms with Gasteiger partial charge >= 0.3 is 0 Å². The van der Waals surface area contributed by atoms with Crippen molar-refractivity contribution in [3.8, 4) is 5.69 Å². The monoisotopic (exact) mass is 288 g/mol. The Morgan fingerprint density at radius 3 is 2.67 bits per heavy atom.